The molecule has 1 aromatic rings. The molecule has 1 aromatic carbocycles. The lowest BCUT2D eigenvalue weighted by Gasteiger charge is -2.17. The van der Waals surface area contributed by atoms with E-state index >= 15 is 0 Å². The van der Waals surface area contributed by atoms with Gasteiger partial charge in [-0.2, -0.15) is 0 Å². The highest BCUT2D eigenvalue weighted by atomic mass is 127. The summed E-state index contributed by atoms with van der Waals surface area (Å²) in [5.41, 5.74) is 1.76. The molecule has 4 nitrogen and oxygen atoms in total. The Balaban J connectivity index is 0.00000264. The molecule has 128 valence electrons. The average molecular weight is 432 g/mol. The van der Waals surface area contributed by atoms with E-state index in [2.05, 4.69) is 27.8 Å². The van der Waals surface area contributed by atoms with Crippen LogP contribution < -0.4 is 10.6 Å². The number of halogens is 2. The summed E-state index contributed by atoms with van der Waals surface area (Å²) in [6, 6.07) is 5.68. The number of hydrogen-bond acceptors (Lipinski definition) is 2. The van der Waals surface area contributed by atoms with Crippen LogP contribution in [0, 0.1) is 5.82 Å². The molecule has 0 saturated carbocycles. The number of benzene rings is 1. The fourth-order valence-electron chi connectivity index (χ4n) is 2.51. The molecule has 0 atom stereocenters. The molecular formula is C17H26FIN4. The Labute approximate surface area is 155 Å². The van der Waals surface area contributed by atoms with Gasteiger partial charge in [-0.1, -0.05) is 18.2 Å². The molecule has 6 heteroatoms. The van der Waals surface area contributed by atoms with E-state index in [1.807, 2.05) is 31.1 Å². The normalized spacial score (nSPS) is 14.9. The first-order valence-electron chi connectivity index (χ1n) is 7.62. The van der Waals surface area contributed by atoms with Crippen LogP contribution >= 0.6 is 24.0 Å². The second kappa shape index (κ2) is 9.87. The number of nitrogens with one attached hydrogen (secondary N) is 2. The van der Waals surface area contributed by atoms with Crippen LogP contribution in [0.25, 0.3) is 0 Å². The third-order valence-electron chi connectivity index (χ3n) is 3.63. The number of hydrogen-bond donors (Lipinski definition) is 2. The molecule has 0 heterocycles. The average Bonchev–Trinajstić information content (AvgIpc) is 2.99. The van der Waals surface area contributed by atoms with Crippen molar-refractivity contribution < 1.29 is 4.39 Å². The van der Waals surface area contributed by atoms with Crippen molar-refractivity contribution in [1.82, 2.24) is 15.5 Å². The summed E-state index contributed by atoms with van der Waals surface area (Å²) in [7, 11) is 5.64. The molecule has 0 amide bonds. The van der Waals surface area contributed by atoms with Crippen molar-refractivity contribution in [1.29, 1.82) is 0 Å². The van der Waals surface area contributed by atoms with Crippen LogP contribution in [0.5, 0.6) is 0 Å². The molecule has 2 rings (SSSR count). The van der Waals surface area contributed by atoms with Gasteiger partial charge in [0.1, 0.15) is 5.82 Å². The van der Waals surface area contributed by atoms with Gasteiger partial charge in [-0.15, -0.1) is 24.0 Å². The molecule has 2 N–H and O–H groups in total. The van der Waals surface area contributed by atoms with E-state index < -0.39 is 0 Å². The minimum atomic E-state index is -0.156. The highest BCUT2D eigenvalue weighted by Crippen LogP contribution is 2.12. The lowest BCUT2D eigenvalue weighted by Crippen LogP contribution is -2.42. The minimum absolute atomic E-state index is 0. The van der Waals surface area contributed by atoms with E-state index in [-0.39, 0.29) is 29.8 Å². The van der Waals surface area contributed by atoms with Crippen molar-refractivity contribution in [2.24, 2.45) is 4.99 Å². The Morgan fingerprint density at radius 1 is 1.30 bits per heavy atom. The van der Waals surface area contributed by atoms with Gasteiger partial charge in [0.15, 0.2) is 5.96 Å². The van der Waals surface area contributed by atoms with Crippen molar-refractivity contribution in [2.45, 2.75) is 32.0 Å². The Morgan fingerprint density at radius 2 is 2.00 bits per heavy atom. The van der Waals surface area contributed by atoms with Crippen LogP contribution in [-0.2, 0) is 13.1 Å². The molecule has 0 radical (unpaired) electrons. The molecule has 0 fully saturated rings. The van der Waals surface area contributed by atoms with E-state index in [9.17, 15) is 4.39 Å². The number of aliphatic imine (C=N–C) groups is 1. The first-order valence-corrected chi connectivity index (χ1v) is 7.62. The third-order valence-corrected chi connectivity index (χ3v) is 3.63. The number of nitrogens with zero attached hydrogens (tertiary/aromatic N) is 2. The van der Waals surface area contributed by atoms with Gasteiger partial charge in [-0.3, -0.25) is 4.99 Å². The topological polar surface area (TPSA) is 39.7 Å². The number of guanidine groups is 1. The second-order valence-electron chi connectivity index (χ2n) is 5.87. The summed E-state index contributed by atoms with van der Waals surface area (Å²) in [4.78, 5) is 6.20. The van der Waals surface area contributed by atoms with Gasteiger partial charge in [0, 0.05) is 31.7 Å². The highest BCUT2D eigenvalue weighted by molar-refractivity contribution is 14.0. The van der Waals surface area contributed by atoms with E-state index in [1.54, 1.807) is 7.05 Å². The third kappa shape index (κ3) is 6.47. The number of rotatable bonds is 5. The quantitative estimate of drug-likeness (QED) is 0.326. The zero-order valence-corrected chi connectivity index (χ0v) is 16.3. The summed E-state index contributed by atoms with van der Waals surface area (Å²) in [5, 5.41) is 6.68. The van der Waals surface area contributed by atoms with Gasteiger partial charge in [-0.25, -0.2) is 4.39 Å². The van der Waals surface area contributed by atoms with Crippen molar-refractivity contribution in [3.8, 4) is 0 Å². The minimum Gasteiger partial charge on any atom is -0.353 e. The molecular weight excluding hydrogens is 406 g/mol. The van der Waals surface area contributed by atoms with E-state index in [1.165, 1.54) is 6.07 Å². The standard InChI is InChI=1S/C17H25FN4.HI/c1-19-17(21-15-6-4-5-7-15)20-11-13-8-9-16(18)14(10-13)12-22(2)3;/h4-5,8-10,15H,6-7,11-12H2,1-3H3,(H2,19,20,21);1H. The van der Waals surface area contributed by atoms with Gasteiger partial charge in [0.2, 0.25) is 0 Å². The predicted octanol–water partition coefficient (Wildman–Crippen LogP) is 2.89. The Hall–Kier alpha value is -1.15. The molecule has 23 heavy (non-hydrogen) atoms. The van der Waals surface area contributed by atoms with Crippen LogP contribution in [0.15, 0.2) is 35.3 Å². The van der Waals surface area contributed by atoms with Gasteiger partial charge in [-0.05, 0) is 44.6 Å². The van der Waals surface area contributed by atoms with Crippen LogP contribution in [0.3, 0.4) is 0 Å². The van der Waals surface area contributed by atoms with Gasteiger partial charge < -0.3 is 15.5 Å². The summed E-state index contributed by atoms with van der Waals surface area (Å²) >= 11 is 0. The second-order valence-corrected chi connectivity index (χ2v) is 5.87. The van der Waals surface area contributed by atoms with Gasteiger partial charge >= 0.3 is 0 Å². The maximum atomic E-state index is 13.8. The highest BCUT2D eigenvalue weighted by Gasteiger charge is 2.11. The predicted molar refractivity (Wildman–Crippen MR) is 105 cm³/mol. The molecule has 0 unspecified atom stereocenters. The van der Waals surface area contributed by atoms with Gasteiger partial charge in [0.05, 0.1) is 0 Å². The molecule has 0 spiro atoms. The molecule has 0 saturated heterocycles. The van der Waals surface area contributed by atoms with E-state index in [4.69, 9.17) is 0 Å². The van der Waals surface area contributed by atoms with Crippen molar-refractivity contribution in [3.05, 3.63) is 47.3 Å². The zero-order chi connectivity index (χ0) is 15.9. The summed E-state index contributed by atoms with van der Waals surface area (Å²) in [6.45, 7) is 1.22. The lowest BCUT2D eigenvalue weighted by atomic mass is 10.1. The van der Waals surface area contributed by atoms with Gasteiger partial charge in [0.25, 0.3) is 0 Å². The van der Waals surface area contributed by atoms with E-state index in [0.29, 0.717) is 24.7 Å². The fraction of sp³-hybridized carbons (Fsp3) is 0.471. The zero-order valence-electron chi connectivity index (χ0n) is 14.0. The Morgan fingerprint density at radius 3 is 2.61 bits per heavy atom. The first-order chi connectivity index (χ1) is 10.6. The first kappa shape index (κ1) is 19.9. The van der Waals surface area contributed by atoms with Crippen LogP contribution in [-0.4, -0.2) is 38.0 Å². The maximum absolute atomic E-state index is 13.8. The monoisotopic (exact) mass is 432 g/mol. The largest absolute Gasteiger partial charge is 0.353 e. The molecule has 0 bridgehead atoms. The fourth-order valence-corrected chi connectivity index (χ4v) is 2.51. The summed E-state index contributed by atoms with van der Waals surface area (Å²) in [6.07, 6.45) is 6.42. The van der Waals surface area contributed by atoms with E-state index in [0.717, 1.165) is 24.4 Å². The lowest BCUT2D eigenvalue weighted by molar-refractivity contribution is 0.392. The molecule has 1 aliphatic carbocycles. The molecule has 0 aromatic heterocycles. The molecule has 0 aliphatic heterocycles. The SMILES string of the molecule is CN=C(NCc1ccc(F)c(CN(C)C)c1)NC1CC=CC1.I. The van der Waals surface area contributed by atoms with Crippen molar-refractivity contribution >= 4 is 29.9 Å². The van der Waals surface area contributed by atoms with Crippen molar-refractivity contribution in [3.63, 3.8) is 0 Å². The molecule has 1 aliphatic rings. The van der Waals surface area contributed by atoms with Crippen LogP contribution in [0.4, 0.5) is 4.39 Å². The Bertz CT molecular complexity index is 550. The van der Waals surface area contributed by atoms with Crippen molar-refractivity contribution in [2.75, 3.05) is 21.1 Å². The van der Waals surface area contributed by atoms with Crippen LogP contribution in [0.2, 0.25) is 0 Å². The smallest absolute Gasteiger partial charge is 0.191 e. The van der Waals surface area contributed by atoms with Crippen LogP contribution in [0.1, 0.15) is 24.0 Å². The summed E-state index contributed by atoms with van der Waals surface area (Å²) < 4.78 is 13.8. The Kier molecular flexibility index (Phi) is 8.54. The summed E-state index contributed by atoms with van der Waals surface area (Å²) in [5.74, 6) is 0.629. The maximum Gasteiger partial charge on any atom is 0.191 e.